The number of hydrogen-bond donors (Lipinski definition) is 2. The Hall–Kier alpha value is -3.32. The standard InChI is InChI=1S/C25H25FN2O3S/c1-18(32-17-24(29)28-21-13-11-20(26)12-14-21)25(30)27-15-16-31-23-10-6-5-9-22(23)19-7-3-2-4-8-19/h2-14,18H,15-17H2,1H3,(H,27,30)(H,28,29). The van der Waals surface area contributed by atoms with E-state index in [2.05, 4.69) is 10.6 Å². The van der Waals surface area contributed by atoms with Crippen molar-refractivity contribution in [2.45, 2.75) is 12.2 Å². The van der Waals surface area contributed by atoms with Crippen LogP contribution < -0.4 is 15.4 Å². The summed E-state index contributed by atoms with van der Waals surface area (Å²) in [4.78, 5) is 24.3. The molecule has 3 aromatic rings. The van der Waals surface area contributed by atoms with E-state index in [4.69, 9.17) is 4.74 Å². The molecule has 3 rings (SSSR count). The van der Waals surface area contributed by atoms with Crippen LogP contribution >= 0.6 is 11.8 Å². The second-order valence-corrected chi connectivity index (χ2v) is 8.34. The molecule has 2 amide bonds. The minimum absolute atomic E-state index is 0.118. The van der Waals surface area contributed by atoms with Gasteiger partial charge in [-0.3, -0.25) is 9.59 Å². The van der Waals surface area contributed by atoms with Crippen LogP contribution in [0, 0.1) is 5.82 Å². The fourth-order valence-corrected chi connectivity index (χ4v) is 3.64. The Morgan fingerprint density at radius 1 is 0.969 bits per heavy atom. The molecule has 1 unspecified atom stereocenters. The number of carbonyl (C=O) groups is 2. The van der Waals surface area contributed by atoms with Crippen molar-refractivity contribution in [1.29, 1.82) is 0 Å². The molecule has 0 radical (unpaired) electrons. The number of thioether (sulfide) groups is 1. The third kappa shape index (κ3) is 7.13. The summed E-state index contributed by atoms with van der Waals surface area (Å²) in [5, 5.41) is 5.11. The molecule has 0 aromatic heterocycles. The maximum absolute atomic E-state index is 12.9. The quantitative estimate of drug-likeness (QED) is 0.436. The van der Waals surface area contributed by atoms with Gasteiger partial charge in [0, 0.05) is 11.3 Å². The average molecular weight is 453 g/mol. The molecule has 0 fully saturated rings. The first-order chi connectivity index (χ1) is 15.5. The van der Waals surface area contributed by atoms with Crippen molar-refractivity contribution in [1.82, 2.24) is 5.32 Å². The molecule has 0 bridgehead atoms. The van der Waals surface area contributed by atoms with E-state index in [1.54, 1.807) is 6.92 Å². The smallest absolute Gasteiger partial charge is 0.234 e. The number of nitrogens with one attached hydrogen (secondary N) is 2. The van der Waals surface area contributed by atoms with Gasteiger partial charge in [0.05, 0.1) is 17.5 Å². The minimum Gasteiger partial charge on any atom is -0.491 e. The molecule has 1 atom stereocenters. The summed E-state index contributed by atoms with van der Waals surface area (Å²) in [6.07, 6.45) is 0. The second-order valence-electron chi connectivity index (χ2n) is 7.01. The van der Waals surface area contributed by atoms with E-state index in [1.165, 1.54) is 36.0 Å². The van der Waals surface area contributed by atoms with Gasteiger partial charge >= 0.3 is 0 Å². The van der Waals surface area contributed by atoms with Crippen molar-refractivity contribution in [3.8, 4) is 16.9 Å². The number of para-hydroxylation sites is 1. The van der Waals surface area contributed by atoms with Crippen LogP contribution in [-0.4, -0.2) is 36.0 Å². The number of carbonyl (C=O) groups excluding carboxylic acids is 2. The Balaban J connectivity index is 1.39. The Kier molecular flexibility index (Phi) is 8.69. The Morgan fingerprint density at radius 3 is 2.41 bits per heavy atom. The van der Waals surface area contributed by atoms with Crippen molar-refractivity contribution in [2.24, 2.45) is 0 Å². The highest BCUT2D eigenvalue weighted by Crippen LogP contribution is 2.29. The zero-order chi connectivity index (χ0) is 22.8. The molecule has 0 saturated heterocycles. The van der Waals surface area contributed by atoms with Crippen LogP contribution in [0.1, 0.15) is 6.92 Å². The number of anilines is 1. The summed E-state index contributed by atoms with van der Waals surface area (Å²) >= 11 is 1.23. The Bertz CT molecular complexity index is 1030. The lowest BCUT2D eigenvalue weighted by Crippen LogP contribution is -2.34. The first-order valence-corrected chi connectivity index (χ1v) is 11.3. The minimum atomic E-state index is -0.398. The van der Waals surface area contributed by atoms with E-state index >= 15 is 0 Å². The number of benzene rings is 3. The number of rotatable bonds is 10. The third-order valence-electron chi connectivity index (χ3n) is 4.59. The maximum Gasteiger partial charge on any atom is 0.234 e. The summed E-state index contributed by atoms with van der Waals surface area (Å²) in [5.41, 5.74) is 2.58. The van der Waals surface area contributed by atoms with Gasteiger partial charge in [0.1, 0.15) is 18.2 Å². The fraction of sp³-hybridized carbons (Fsp3) is 0.200. The second kappa shape index (κ2) is 11.9. The van der Waals surface area contributed by atoms with Crippen LogP contribution in [0.2, 0.25) is 0 Å². The van der Waals surface area contributed by atoms with Crippen LogP contribution in [0.15, 0.2) is 78.9 Å². The Labute approximate surface area is 191 Å². The summed E-state index contributed by atoms with van der Waals surface area (Å²) in [6, 6.07) is 23.3. The van der Waals surface area contributed by atoms with Gasteiger partial charge < -0.3 is 15.4 Å². The highest BCUT2D eigenvalue weighted by molar-refractivity contribution is 8.01. The molecule has 5 nitrogen and oxygen atoms in total. The van der Waals surface area contributed by atoms with E-state index in [0.29, 0.717) is 18.8 Å². The highest BCUT2D eigenvalue weighted by atomic mass is 32.2. The molecule has 0 aliphatic rings. The molecule has 2 N–H and O–H groups in total. The number of hydrogen-bond acceptors (Lipinski definition) is 4. The first-order valence-electron chi connectivity index (χ1n) is 10.2. The van der Waals surface area contributed by atoms with Crippen LogP contribution in [-0.2, 0) is 9.59 Å². The SMILES string of the molecule is CC(SCC(=O)Nc1ccc(F)cc1)C(=O)NCCOc1ccccc1-c1ccccc1. The molecule has 166 valence electrons. The molecule has 7 heteroatoms. The molecule has 0 aliphatic carbocycles. The van der Waals surface area contributed by atoms with E-state index in [1.807, 2.05) is 54.6 Å². The number of ether oxygens (including phenoxy) is 1. The molecular formula is C25H25FN2O3S. The zero-order valence-electron chi connectivity index (χ0n) is 17.7. The summed E-state index contributed by atoms with van der Waals surface area (Å²) in [7, 11) is 0. The summed E-state index contributed by atoms with van der Waals surface area (Å²) in [5.74, 6) is 0.0992. The van der Waals surface area contributed by atoms with Gasteiger partial charge in [0.15, 0.2) is 0 Å². The van der Waals surface area contributed by atoms with E-state index in [0.717, 1.165) is 16.9 Å². The first kappa shape index (κ1) is 23.3. The van der Waals surface area contributed by atoms with Gasteiger partial charge in [-0.05, 0) is 42.8 Å². The van der Waals surface area contributed by atoms with Gasteiger partial charge in [0.25, 0.3) is 0 Å². The lowest BCUT2D eigenvalue weighted by molar-refractivity contribution is -0.120. The van der Waals surface area contributed by atoms with Gasteiger partial charge in [-0.25, -0.2) is 4.39 Å². The van der Waals surface area contributed by atoms with E-state index < -0.39 is 5.25 Å². The van der Waals surface area contributed by atoms with Crippen molar-refractivity contribution < 1.29 is 18.7 Å². The van der Waals surface area contributed by atoms with E-state index in [-0.39, 0.29) is 23.4 Å². The third-order valence-corrected chi connectivity index (χ3v) is 5.74. The number of halogens is 1. The van der Waals surface area contributed by atoms with Gasteiger partial charge in [-0.15, -0.1) is 11.8 Å². The normalized spacial score (nSPS) is 11.4. The molecule has 32 heavy (non-hydrogen) atoms. The predicted molar refractivity (Wildman–Crippen MR) is 127 cm³/mol. The summed E-state index contributed by atoms with van der Waals surface area (Å²) in [6.45, 7) is 2.43. The molecule has 3 aromatic carbocycles. The highest BCUT2D eigenvalue weighted by Gasteiger charge is 2.15. The van der Waals surface area contributed by atoms with Crippen molar-refractivity contribution in [3.63, 3.8) is 0 Å². The van der Waals surface area contributed by atoms with Crippen molar-refractivity contribution >= 4 is 29.3 Å². The molecule has 0 heterocycles. The lowest BCUT2D eigenvalue weighted by atomic mass is 10.1. The van der Waals surface area contributed by atoms with Gasteiger partial charge in [-0.1, -0.05) is 48.5 Å². The van der Waals surface area contributed by atoms with Crippen LogP contribution in [0.5, 0.6) is 5.75 Å². The number of amides is 2. The van der Waals surface area contributed by atoms with Crippen molar-refractivity contribution in [2.75, 3.05) is 24.2 Å². The van der Waals surface area contributed by atoms with E-state index in [9.17, 15) is 14.0 Å². The molecule has 0 spiro atoms. The van der Waals surface area contributed by atoms with Crippen LogP contribution in [0.25, 0.3) is 11.1 Å². The van der Waals surface area contributed by atoms with Gasteiger partial charge in [0.2, 0.25) is 11.8 Å². The largest absolute Gasteiger partial charge is 0.491 e. The van der Waals surface area contributed by atoms with Crippen molar-refractivity contribution in [3.05, 3.63) is 84.7 Å². The topological polar surface area (TPSA) is 67.4 Å². The van der Waals surface area contributed by atoms with Crippen LogP contribution in [0.4, 0.5) is 10.1 Å². The Morgan fingerprint density at radius 2 is 1.66 bits per heavy atom. The molecule has 0 saturated carbocycles. The average Bonchev–Trinajstić information content (AvgIpc) is 2.82. The molecular weight excluding hydrogens is 427 g/mol. The zero-order valence-corrected chi connectivity index (χ0v) is 18.5. The monoisotopic (exact) mass is 452 g/mol. The van der Waals surface area contributed by atoms with Gasteiger partial charge in [-0.2, -0.15) is 0 Å². The fourth-order valence-electron chi connectivity index (χ4n) is 2.93. The predicted octanol–water partition coefficient (Wildman–Crippen LogP) is 4.75. The van der Waals surface area contributed by atoms with Crippen LogP contribution in [0.3, 0.4) is 0 Å². The molecule has 0 aliphatic heterocycles. The lowest BCUT2D eigenvalue weighted by Gasteiger charge is -2.14. The summed E-state index contributed by atoms with van der Waals surface area (Å²) < 4.78 is 18.8. The maximum atomic E-state index is 12.9.